The Morgan fingerprint density at radius 1 is 1.53 bits per heavy atom. The molecule has 1 rings (SSSR count). The number of rotatable bonds is 8. The number of hydrogen-bond acceptors (Lipinski definition) is 4. The van der Waals surface area contributed by atoms with Crippen molar-refractivity contribution in [2.45, 2.75) is 51.1 Å². The van der Waals surface area contributed by atoms with E-state index >= 15 is 0 Å². The van der Waals surface area contributed by atoms with Crippen LogP contribution in [0.3, 0.4) is 0 Å². The summed E-state index contributed by atoms with van der Waals surface area (Å²) in [4.78, 5) is 14.5. The predicted octanol–water partition coefficient (Wildman–Crippen LogP) is 0.731. The molecule has 1 aliphatic heterocycles. The van der Waals surface area contributed by atoms with Crippen molar-refractivity contribution in [2.24, 2.45) is 5.73 Å². The molecule has 0 spiro atoms. The fourth-order valence-electron chi connectivity index (χ4n) is 2.76. The number of piperidine rings is 1. The largest absolute Gasteiger partial charge is 0.385 e. The van der Waals surface area contributed by atoms with Crippen molar-refractivity contribution >= 4 is 5.91 Å². The van der Waals surface area contributed by atoms with E-state index in [1.165, 1.54) is 19.3 Å². The maximum absolute atomic E-state index is 12.1. The molecule has 2 unspecified atom stereocenters. The van der Waals surface area contributed by atoms with Crippen LogP contribution in [0.4, 0.5) is 0 Å². The van der Waals surface area contributed by atoms with Gasteiger partial charge in [0.25, 0.3) is 0 Å². The van der Waals surface area contributed by atoms with E-state index in [0.29, 0.717) is 25.7 Å². The van der Waals surface area contributed by atoms with Crippen LogP contribution in [0.1, 0.15) is 39.0 Å². The van der Waals surface area contributed by atoms with E-state index in [-0.39, 0.29) is 11.9 Å². The first-order valence-corrected chi connectivity index (χ1v) is 7.43. The van der Waals surface area contributed by atoms with Gasteiger partial charge >= 0.3 is 0 Å². The fourth-order valence-corrected chi connectivity index (χ4v) is 2.76. The highest BCUT2D eigenvalue weighted by Gasteiger charge is 2.29. The lowest BCUT2D eigenvalue weighted by Crippen LogP contribution is -2.52. The van der Waals surface area contributed by atoms with Crippen molar-refractivity contribution in [2.75, 3.05) is 33.4 Å². The Balaban J connectivity index is 2.39. The Kier molecular flexibility index (Phi) is 8.02. The molecule has 0 radical (unpaired) electrons. The number of amides is 1. The molecule has 0 aliphatic carbocycles. The standard InChI is InChI=1S/C14H29N3O2/c1-12(14(18)16-9-5-11-19-2)17-10-4-3-6-13(17)7-8-15/h12-13H,3-11,15H2,1-2H3,(H,16,18). The highest BCUT2D eigenvalue weighted by molar-refractivity contribution is 5.81. The third kappa shape index (κ3) is 5.47. The Bertz CT molecular complexity index is 259. The Hall–Kier alpha value is -0.650. The number of likely N-dealkylation sites (tertiary alicyclic amines) is 1. The Labute approximate surface area is 116 Å². The SMILES string of the molecule is COCCCNC(=O)C(C)N1CCCCC1CCN. The zero-order valence-corrected chi connectivity index (χ0v) is 12.4. The number of hydrogen-bond donors (Lipinski definition) is 2. The van der Waals surface area contributed by atoms with Crippen molar-refractivity contribution in [3.63, 3.8) is 0 Å². The molecule has 5 nitrogen and oxygen atoms in total. The van der Waals surface area contributed by atoms with Crippen LogP contribution < -0.4 is 11.1 Å². The lowest BCUT2D eigenvalue weighted by molar-refractivity contribution is -0.127. The molecule has 0 bridgehead atoms. The van der Waals surface area contributed by atoms with Crippen LogP contribution >= 0.6 is 0 Å². The van der Waals surface area contributed by atoms with Crippen molar-refractivity contribution in [1.82, 2.24) is 10.2 Å². The monoisotopic (exact) mass is 271 g/mol. The maximum atomic E-state index is 12.1. The summed E-state index contributed by atoms with van der Waals surface area (Å²) in [6.07, 6.45) is 5.45. The molecule has 0 saturated carbocycles. The molecular formula is C14H29N3O2. The molecule has 0 aromatic carbocycles. The minimum atomic E-state index is -0.0561. The van der Waals surface area contributed by atoms with Crippen molar-refractivity contribution in [3.8, 4) is 0 Å². The summed E-state index contributed by atoms with van der Waals surface area (Å²) in [7, 11) is 1.68. The van der Waals surface area contributed by atoms with Crippen LogP contribution in [-0.2, 0) is 9.53 Å². The predicted molar refractivity (Wildman–Crippen MR) is 77.0 cm³/mol. The van der Waals surface area contributed by atoms with Gasteiger partial charge in [-0.15, -0.1) is 0 Å². The zero-order valence-electron chi connectivity index (χ0n) is 12.4. The smallest absolute Gasteiger partial charge is 0.237 e. The van der Waals surface area contributed by atoms with Crippen LogP contribution in [0.15, 0.2) is 0 Å². The number of nitrogens with one attached hydrogen (secondary N) is 1. The summed E-state index contributed by atoms with van der Waals surface area (Å²) in [6.45, 7) is 5.09. The summed E-state index contributed by atoms with van der Waals surface area (Å²) in [5.74, 6) is 0.125. The van der Waals surface area contributed by atoms with Gasteiger partial charge in [-0.05, 0) is 45.7 Å². The number of nitrogens with two attached hydrogens (primary N) is 1. The van der Waals surface area contributed by atoms with Crippen LogP contribution in [0, 0.1) is 0 Å². The van der Waals surface area contributed by atoms with E-state index in [1.54, 1.807) is 7.11 Å². The molecule has 1 saturated heterocycles. The summed E-state index contributed by atoms with van der Waals surface area (Å²) >= 11 is 0. The van der Waals surface area contributed by atoms with Crippen LogP contribution in [0.25, 0.3) is 0 Å². The Morgan fingerprint density at radius 2 is 2.32 bits per heavy atom. The van der Waals surface area contributed by atoms with E-state index < -0.39 is 0 Å². The second-order valence-corrected chi connectivity index (χ2v) is 5.28. The zero-order chi connectivity index (χ0) is 14.1. The van der Waals surface area contributed by atoms with Crippen molar-refractivity contribution in [3.05, 3.63) is 0 Å². The summed E-state index contributed by atoms with van der Waals surface area (Å²) in [6, 6.07) is 0.415. The van der Waals surface area contributed by atoms with Crippen molar-refractivity contribution in [1.29, 1.82) is 0 Å². The highest BCUT2D eigenvalue weighted by Crippen LogP contribution is 2.21. The van der Waals surface area contributed by atoms with Gasteiger partial charge in [0.05, 0.1) is 6.04 Å². The van der Waals surface area contributed by atoms with Gasteiger partial charge in [0.2, 0.25) is 5.91 Å². The molecular weight excluding hydrogens is 242 g/mol. The number of nitrogens with zero attached hydrogens (tertiary/aromatic N) is 1. The third-order valence-electron chi connectivity index (χ3n) is 3.87. The molecule has 0 aromatic rings. The second kappa shape index (κ2) is 9.28. The van der Waals surface area contributed by atoms with Gasteiger partial charge in [0.1, 0.15) is 0 Å². The first-order chi connectivity index (χ1) is 9.20. The number of carbonyl (C=O) groups excluding carboxylic acids is 1. The fraction of sp³-hybridized carbons (Fsp3) is 0.929. The van der Waals surface area contributed by atoms with E-state index in [9.17, 15) is 4.79 Å². The van der Waals surface area contributed by atoms with Gasteiger partial charge in [-0.1, -0.05) is 6.42 Å². The Morgan fingerprint density at radius 3 is 3.00 bits per heavy atom. The maximum Gasteiger partial charge on any atom is 0.237 e. The molecule has 1 heterocycles. The molecule has 1 amide bonds. The normalized spacial score (nSPS) is 22.2. The number of ether oxygens (including phenoxy) is 1. The second-order valence-electron chi connectivity index (χ2n) is 5.28. The van der Waals surface area contributed by atoms with Crippen LogP contribution in [-0.4, -0.2) is 56.2 Å². The van der Waals surface area contributed by atoms with Gasteiger partial charge < -0.3 is 15.8 Å². The molecule has 5 heteroatoms. The third-order valence-corrected chi connectivity index (χ3v) is 3.87. The summed E-state index contributed by atoms with van der Waals surface area (Å²) < 4.78 is 4.97. The summed E-state index contributed by atoms with van der Waals surface area (Å²) in [5, 5.41) is 2.99. The van der Waals surface area contributed by atoms with Gasteiger partial charge in [0.15, 0.2) is 0 Å². The minimum Gasteiger partial charge on any atom is -0.385 e. The van der Waals surface area contributed by atoms with Crippen molar-refractivity contribution < 1.29 is 9.53 Å². The molecule has 1 aliphatic rings. The molecule has 2 atom stereocenters. The number of carbonyl (C=O) groups is 1. The molecule has 112 valence electrons. The lowest BCUT2D eigenvalue weighted by Gasteiger charge is -2.39. The van der Waals surface area contributed by atoms with Crippen LogP contribution in [0.2, 0.25) is 0 Å². The molecule has 19 heavy (non-hydrogen) atoms. The molecule has 3 N–H and O–H groups in total. The average molecular weight is 271 g/mol. The van der Waals surface area contributed by atoms with E-state index in [2.05, 4.69) is 10.2 Å². The molecule has 0 aromatic heterocycles. The number of methoxy groups -OCH3 is 1. The lowest BCUT2D eigenvalue weighted by atomic mass is 9.97. The van der Waals surface area contributed by atoms with Gasteiger partial charge in [-0.2, -0.15) is 0 Å². The van der Waals surface area contributed by atoms with E-state index in [4.69, 9.17) is 10.5 Å². The molecule has 1 fully saturated rings. The van der Waals surface area contributed by atoms with Gasteiger partial charge in [-0.3, -0.25) is 9.69 Å². The van der Waals surface area contributed by atoms with E-state index in [0.717, 1.165) is 19.4 Å². The topological polar surface area (TPSA) is 67.6 Å². The highest BCUT2D eigenvalue weighted by atomic mass is 16.5. The minimum absolute atomic E-state index is 0.0561. The average Bonchev–Trinajstić information content (AvgIpc) is 2.43. The first-order valence-electron chi connectivity index (χ1n) is 7.43. The summed E-state index contributed by atoms with van der Waals surface area (Å²) in [5.41, 5.74) is 5.67. The van der Waals surface area contributed by atoms with Gasteiger partial charge in [-0.25, -0.2) is 0 Å². The van der Waals surface area contributed by atoms with Crippen LogP contribution in [0.5, 0.6) is 0 Å². The van der Waals surface area contributed by atoms with E-state index in [1.807, 2.05) is 6.92 Å². The quantitative estimate of drug-likeness (QED) is 0.639. The van der Waals surface area contributed by atoms with Gasteiger partial charge in [0, 0.05) is 26.3 Å². The first kappa shape index (κ1) is 16.4.